The zero-order valence-electron chi connectivity index (χ0n) is 17.6. The molecular weight excluding hydrogens is 434 g/mol. The van der Waals surface area contributed by atoms with Gasteiger partial charge in [0.1, 0.15) is 0 Å². The summed E-state index contributed by atoms with van der Waals surface area (Å²) in [6, 6.07) is 9.40. The van der Waals surface area contributed by atoms with Crippen molar-refractivity contribution in [2.75, 3.05) is 5.32 Å². The van der Waals surface area contributed by atoms with Gasteiger partial charge < -0.3 is 10.6 Å². The molecule has 0 spiro atoms. The van der Waals surface area contributed by atoms with Gasteiger partial charge in [0.25, 0.3) is 0 Å². The van der Waals surface area contributed by atoms with Crippen LogP contribution in [0.3, 0.4) is 0 Å². The Kier molecular flexibility index (Phi) is 6.73. The van der Waals surface area contributed by atoms with E-state index in [4.69, 9.17) is 0 Å². The molecule has 1 radical (unpaired) electrons. The summed E-state index contributed by atoms with van der Waals surface area (Å²) in [6.07, 6.45) is 3.21. The Morgan fingerprint density at radius 2 is 1.97 bits per heavy atom. The van der Waals surface area contributed by atoms with Crippen LogP contribution in [-0.2, 0) is 10.0 Å². The summed E-state index contributed by atoms with van der Waals surface area (Å²) in [5.74, 6) is 0. The predicted octanol–water partition coefficient (Wildman–Crippen LogP) is 3.96. The van der Waals surface area contributed by atoms with Crippen molar-refractivity contribution in [1.82, 2.24) is 20.0 Å². The van der Waals surface area contributed by atoms with Crippen molar-refractivity contribution in [3.05, 3.63) is 60.0 Å². The molecule has 0 fully saturated rings. The molecule has 0 bridgehead atoms. The van der Waals surface area contributed by atoms with E-state index in [9.17, 15) is 13.2 Å². The molecule has 3 aromatic rings. The fraction of sp³-hybridized carbons (Fsp3) is 0.286. The van der Waals surface area contributed by atoms with Gasteiger partial charge in [-0.25, -0.2) is 22.9 Å². The van der Waals surface area contributed by atoms with Gasteiger partial charge >= 0.3 is 6.03 Å². The molecule has 0 saturated heterocycles. The van der Waals surface area contributed by atoms with Crippen LogP contribution in [0, 0.1) is 5.51 Å². The van der Waals surface area contributed by atoms with Gasteiger partial charge in [0.05, 0.1) is 21.5 Å². The Balaban J connectivity index is 1.87. The van der Waals surface area contributed by atoms with E-state index >= 15 is 0 Å². The molecule has 10 heteroatoms. The fourth-order valence-electron chi connectivity index (χ4n) is 2.87. The number of sulfonamides is 1. The lowest BCUT2D eigenvalue weighted by Gasteiger charge is -2.22. The molecule has 31 heavy (non-hydrogen) atoms. The summed E-state index contributed by atoms with van der Waals surface area (Å²) in [6.45, 7) is 7.10. The topological polar surface area (TPSA) is 113 Å². The van der Waals surface area contributed by atoms with Crippen LogP contribution >= 0.6 is 11.3 Å². The number of benzene rings is 1. The molecule has 0 aliphatic rings. The van der Waals surface area contributed by atoms with Crippen molar-refractivity contribution in [2.45, 2.75) is 44.2 Å². The third-order valence-corrected chi connectivity index (χ3v) is 6.64. The smallest absolute Gasteiger partial charge is 0.319 e. The molecule has 2 amide bonds. The number of nitrogens with zero attached hydrogens (tertiary/aromatic N) is 2. The van der Waals surface area contributed by atoms with Crippen molar-refractivity contribution in [1.29, 1.82) is 0 Å². The highest BCUT2D eigenvalue weighted by Crippen LogP contribution is 2.32. The number of amides is 2. The van der Waals surface area contributed by atoms with Crippen LogP contribution in [0.25, 0.3) is 10.4 Å². The van der Waals surface area contributed by atoms with E-state index < -0.39 is 21.6 Å². The van der Waals surface area contributed by atoms with Crippen molar-refractivity contribution in [3.63, 3.8) is 0 Å². The molecule has 2 aromatic heterocycles. The van der Waals surface area contributed by atoms with Gasteiger partial charge in [-0.2, -0.15) is 0 Å². The number of hydrogen-bond acceptors (Lipinski definition) is 6. The van der Waals surface area contributed by atoms with Crippen LogP contribution in [0.4, 0.5) is 10.5 Å². The highest BCUT2D eigenvalue weighted by molar-refractivity contribution is 7.89. The maximum atomic E-state index is 13.1. The van der Waals surface area contributed by atoms with Crippen LogP contribution < -0.4 is 15.4 Å². The molecule has 1 aromatic carbocycles. The minimum absolute atomic E-state index is 0.0515. The first-order valence-electron chi connectivity index (χ1n) is 9.54. The van der Waals surface area contributed by atoms with E-state index in [1.807, 2.05) is 19.1 Å². The van der Waals surface area contributed by atoms with E-state index in [-0.39, 0.29) is 10.9 Å². The minimum Gasteiger partial charge on any atom is -0.330 e. The molecule has 0 unspecified atom stereocenters. The van der Waals surface area contributed by atoms with Crippen LogP contribution in [0.2, 0.25) is 0 Å². The number of hydrogen-bond donors (Lipinski definition) is 3. The highest BCUT2D eigenvalue weighted by Gasteiger charge is 2.26. The molecule has 3 N–H and O–H groups in total. The zero-order chi connectivity index (χ0) is 22.6. The second kappa shape index (κ2) is 9.13. The van der Waals surface area contributed by atoms with Crippen molar-refractivity contribution < 1.29 is 13.2 Å². The van der Waals surface area contributed by atoms with Crippen LogP contribution in [0.5, 0.6) is 0 Å². The highest BCUT2D eigenvalue weighted by atomic mass is 32.2. The monoisotopic (exact) mass is 458 g/mol. The number of aromatic nitrogens is 2. The maximum absolute atomic E-state index is 13.1. The molecule has 2 heterocycles. The lowest BCUT2D eigenvalue weighted by molar-refractivity contribution is 0.249. The largest absolute Gasteiger partial charge is 0.330 e. The van der Waals surface area contributed by atoms with Crippen molar-refractivity contribution in [2.24, 2.45) is 0 Å². The average Bonchev–Trinajstić information content (AvgIpc) is 3.21. The number of nitrogens with one attached hydrogen (secondary N) is 3. The van der Waals surface area contributed by atoms with Gasteiger partial charge in [-0.1, -0.05) is 12.1 Å². The zero-order valence-corrected chi connectivity index (χ0v) is 19.3. The second-order valence-electron chi connectivity index (χ2n) is 7.96. The number of anilines is 1. The van der Waals surface area contributed by atoms with E-state index in [0.29, 0.717) is 21.8 Å². The number of rotatable bonds is 6. The molecule has 1 atom stereocenters. The number of thiazole rings is 1. The van der Waals surface area contributed by atoms with Crippen molar-refractivity contribution >= 4 is 33.1 Å². The Morgan fingerprint density at radius 1 is 1.19 bits per heavy atom. The van der Waals surface area contributed by atoms with E-state index in [1.54, 1.807) is 51.4 Å². The first-order chi connectivity index (χ1) is 14.5. The van der Waals surface area contributed by atoms with Crippen LogP contribution in [0.1, 0.15) is 39.4 Å². The number of pyridine rings is 1. The predicted molar refractivity (Wildman–Crippen MR) is 121 cm³/mol. The van der Waals surface area contributed by atoms with Gasteiger partial charge in [-0.15, -0.1) is 11.3 Å². The first kappa shape index (κ1) is 22.9. The molecule has 0 saturated carbocycles. The van der Waals surface area contributed by atoms with E-state index in [0.717, 1.165) is 0 Å². The summed E-state index contributed by atoms with van der Waals surface area (Å²) in [5.41, 5.74) is 3.61. The maximum Gasteiger partial charge on any atom is 0.319 e. The Morgan fingerprint density at radius 3 is 2.58 bits per heavy atom. The Labute approximate surface area is 186 Å². The molecular formula is C21H24N5O3S2. The van der Waals surface area contributed by atoms with Crippen molar-refractivity contribution in [3.8, 4) is 10.4 Å². The Hall–Kier alpha value is -2.82. The number of urea groups is 1. The number of carbonyl (C=O) groups excluding carboxylic acids is 1. The van der Waals surface area contributed by atoms with E-state index in [2.05, 4.69) is 30.8 Å². The fourth-order valence-corrected chi connectivity index (χ4v) is 5.19. The minimum atomic E-state index is -3.87. The number of carbonyl (C=O) groups is 1. The molecule has 163 valence electrons. The lowest BCUT2D eigenvalue weighted by atomic mass is 10.1. The quantitative estimate of drug-likeness (QED) is 0.517. The average molecular weight is 459 g/mol. The molecule has 0 aliphatic carbocycles. The van der Waals surface area contributed by atoms with Gasteiger partial charge in [-0.3, -0.25) is 4.98 Å². The standard InChI is InChI=1S/C21H24N5O3S2/c1-14(17-7-5-6-10-23-17)24-20(27)25-15-8-9-16(18-12-22-13-30-18)19(11-15)31(28,29)26-21(2,3)4/h5-12,14,26H,1-4H3,(H2,24,25,27)/t14-/m0/s1. The van der Waals surface area contributed by atoms with Crippen LogP contribution in [0.15, 0.2) is 53.7 Å². The third-order valence-electron chi connectivity index (χ3n) is 4.10. The van der Waals surface area contributed by atoms with Gasteiger partial charge in [0, 0.05) is 29.2 Å². The summed E-state index contributed by atoms with van der Waals surface area (Å²) < 4.78 is 28.8. The normalized spacial score (nSPS) is 12.9. The molecule has 3 rings (SSSR count). The van der Waals surface area contributed by atoms with Crippen LogP contribution in [-0.4, -0.2) is 30.0 Å². The first-order valence-corrected chi connectivity index (χ1v) is 11.8. The summed E-state index contributed by atoms with van der Waals surface area (Å²) in [4.78, 5) is 21.3. The van der Waals surface area contributed by atoms with E-state index in [1.165, 1.54) is 17.4 Å². The second-order valence-corrected chi connectivity index (χ2v) is 10.4. The van der Waals surface area contributed by atoms with Gasteiger partial charge in [0.15, 0.2) is 5.51 Å². The molecule has 8 nitrogen and oxygen atoms in total. The Bertz CT molecular complexity index is 1140. The van der Waals surface area contributed by atoms with Gasteiger partial charge in [0.2, 0.25) is 10.0 Å². The SMILES string of the molecule is C[C@H](NC(=O)Nc1ccc(-c2cn[c]s2)c(S(=O)(=O)NC(C)(C)C)c1)c1ccccn1. The third kappa shape index (κ3) is 6.09. The molecule has 0 aliphatic heterocycles. The summed E-state index contributed by atoms with van der Waals surface area (Å²) in [7, 11) is -3.87. The lowest BCUT2D eigenvalue weighted by Crippen LogP contribution is -2.40. The summed E-state index contributed by atoms with van der Waals surface area (Å²) >= 11 is 1.22. The van der Waals surface area contributed by atoms with Gasteiger partial charge in [-0.05, 0) is 52.0 Å². The summed E-state index contributed by atoms with van der Waals surface area (Å²) in [5, 5.41) is 5.49.